The summed E-state index contributed by atoms with van der Waals surface area (Å²) < 4.78 is 10.8. The Morgan fingerprint density at radius 3 is 2.52 bits per heavy atom. The number of carbonyl (C=O) groups is 3. The summed E-state index contributed by atoms with van der Waals surface area (Å²) in [6.45, 7) is 7.08. The van der Waals surface area contributed by atoms with Crippen LogP contribution in [0.1, 0.15) is 46.0 Å². The van der Waals surface area contributed by atoms with Gasteiger partial charge in [-0.25, -0.2) is 4.79 Å². The van der Waals surface area contributed by atoms with Crippen LogP contribution in [-0.2, 0) is 20.7 Å². The zero-order valence-electron chi connectivity index (χ0n) is 17.1. The molecule has 0 aromatic heterocycles. The average molecular weight is 395 g/mol. The summed E-state index contributed by atoms with van der Waals surface area (Å²) in [7, 11) is 0. The van der Waals surface area contributed by atoms with Gasteiger partial charge in [0.2, 0.25) is 11.7 Å². The zero-order chi connectivity index (χ0) is 21.1. The first kappa shape index (κ1) is 20.6. The Morgan fingerprint density at radius 2 is 1.76 bits per heavy atom. The molecule has 1 atom stereocenters. The summed E-state index contributed by atoms with van der Waals surface area (Å²) in [6, 6.07) is 9.03. The summed E-state index contributed by atoms with van der Waals surface area (Å²) in [5.74, 6) is -0.338. The van der Waals surface area contributed by atoms with Crippen LogP contribution in [0.2, 0.25) is 0 Å². The van der Waals surface area contributed by atoms with Crippen LogP contribution in [0.5, 0.6) is 5.75 Å². The maximum absolute atomic E-state index is 12.7. The first-order valence-electron chi connectivity index (χ1n) is 9.61. The number of aryl methyl sites for hydroxylation is 4. The van der Waals surface area contributed by atoms with E-state index >= 15 is 0 Å². The fourth-order valence-corrected chi connectivity index (χ4v) is 3.32. The topological polar surface area (TPSA) is 81.7 Å². The monoisotopic (exact) mass is 395 g/mol. The van der Waals surface area contributed by atoms with E-state index in [0.29, 0.717) is 24.2 Å². The van der Waals surface area contributed by atoms with Crippen LogP contribution in [0, 0.1) is 20.8 Å². The van der Waals surface area contributed by atoms with E-state index < -0.39 is 12.1 Å². The molecule has 0 fully saturated rings. The lowest BCUT2D eigenvalue weighted by Gasteiger charge is -2.18. The minimum atomic E-state index is -0.898. The molecule has 0 unspecified atom stereocenters. The van der Waals surface area contributed by atoms with Crippen LogP contribution >= 0.6 is 0 Å². The number of rotatable bonds is 6. The summed E-state index contributed by atoms with van der Waals surface area (Å²) in [5, 5.41) is 2.79. The quantitative estimate of drug-likeness (QED) is 0.596. The molecule has 0 aliphatic carbocycles. The highest BCUT2D eigenvalue weighted by molar-refractivity contribution is 6.01. The van der Waals surface area contributed by atoms with E-state index in [1.807, 2.05) is 32.9 Å². The molecular formula is C23H25NO5. The highest BCUT2D eigenvalue weighted by Crippen LogP contribution is 2.26. The van der Waals surface area contributed by atoms with Crippen molar-refractivity contribution < 1.29 is 23.9 Å². The lowest BCUT2D eigenvalue weighted by atomic mass is 9.96. The van der Waals surface area contributed by atoms with Gasteiger partial charge >= 0.3 is 5.97 Å². The van der Waals surface area contributed by atoms with Gasteiger partial charge in [-0.15, -0.1) is 0 Å². The standard InChI is InChI=1S/C23H25NO5/c1-13-9-15(3)19(10-14(13)2)23(27)16(4)29-22(26)12-28-18-6-7-20-17(11-18)5-8-21(25)24-20/h6-7,9-11,16H,5,8,12H2,1-4H3,(H,24,25)/t16-/m1/s1. The molecule has 1 aliphatic rings. The van der Waals surface area contributed by atoms with Gasteiger partial charge < -0.3 is 14.8 Å². The van der Waals surface area contributed by atoms with Gasteiger partial charge in [0.25, 0.3) is 0 Å². The number of benzene rings is 2. The summed E-state index contributed by atoms with van der Waals surface area (Å²) in [6.07, 6.45) is 0.158. The molecule has 0 bridgehead atoms. The fourth-order valence-electron chi connectivity index (χ4n) is 3.32. The number of ketones is 1. The lowest BCUT2D eigenvalue weighted by Crippen LogP contribution is -2.28. The van der Waals surface area contributed by atoms with Gasteiger partial charge in [0.15, 0.2) is 12.7 Å². The molecule has 2 aromatic carbocycles. The molecule has 3 rings (SSSR count). The van der Waals surface area contributed by atoms with E-state index in [0.717, 1.165) is 27.9 Å². The van der Waals surface area contributed by atoms with Gasteiger partial charge in [0.05, 0.1) is 0 Å². The Morgan fingerprint density at radius 1 is 1.03 bits per heavy atom. The molecule has 0 saturated heterocycles. The number of ether oxygens (including phenoxy) is 2. The third-order valence-corrected chi connectivity index (χ3v) is 5.11. The number of hydrogen-bond donors (Lipinski definition) is 1. The van der Waals surface area contributed by atoms with Gasteiger partial charge in [-0.05, 0) is 80.6 Å². The van der Waals surface area contributed by atoms with E-state index in [-0.39, 0.29) is 18.3 Å². The van der Waals surface area contributed by atoms with Crippen LogP contribution in [0.15, 0.2) is 30.3 Å². The van der Waals surface area contributed by atoms with Crippen molar-refractivity contribution in [3.63, 3.8) is 0 Å². The molecule has 6 heteroatoms. The molecule has 29 heavy (non-hydrogen) atoms. The molecule has 1 amide bonds. The van der Waals surface area contributed by atoms with Crippen molar-refractivity contribution in [2.24, 2.45) is 0 Å². The van der Waals surface area contributed by atoms with Gasteiger partial charge in [-0.1, -0.05) is 6.07 Å². The first-order valence-corrected chi connectivity index (χ1v) is 9.61. The van der Waals surface area contributed by atoms with E-state index in [1.165, 1.54) is 0 Å². The SMILES string of the molecule is Cc1cc(C)c(C(=O)[C@@H](C)OC(=O)COc2ccc3c(c2)CCC(=O)N3)cc1C. The number of hydrogen-bond acceptors (Lipinski definition) is 5. The Hall–Kier alpha value is -3.15. The third-order valence-electron chi connectivity index (χ3n) is 5.11. The van der Waals surface area contributed by atoms with Gasteiger partial charge in [-0.3, -0.25) is 9.59 Å². The van der Waals surface area contributed by atoms with Gasteiger partial charge in [-0.2, -0.15) is 0 Å². The molecule has 1 aliphatic heterocycles. The first-order chi connectivity index (χ1) is 13.7. The number of amides is 1. The Bertz CT molecular complexity index is 979. The van der Waals surface area contributed by atoms with E-state index in [2.05, 4.69) is 5.32 Å². The zero-order valence-corrected chi connectivity index (χ0v) is 17.1. The second kappa shape index (κ2) is 8.47. The predicted octanol–water partition coefficient (Wildman–Crippen LogP) is 3.69. The molecule has 1 heterocycles. The molecule has 6 nitrogen and oxygen atoms in total. The van der Waals surface area contributed by atoms with Crippen LogP contribution in [-0.4, -0.2) is 30.4 Å². The van der Waals surface area contributed by atoms with Crippen molar-refractivity contribution in [3.8, 4) is 5.75 Å². The lowest BCUT2D eigenvalue weighted by molar-refractivity contribution is -0.148. The largest absolute Gasteiger partial charge is 0.482 e. The van der Waals surface area contributed by atoms with E-state index in [9.17, 15) is 14.4 Å². The second-order valence-electron chi connectivity index (χ2n) is 7.40. The molecular weight excluding hydrogens is 370 g/mol. The van der Waals surface area contributed by atoms with Gasteiger partial charge in [0, 0.05) is 17.7 Å². The number of fused-ring (bicyclic) bond motifs is 1. The Balaban J connectivity index is 1.57. The summed E-state index contributed by atoms with van der Waals surface area (Å²) in [4.78, 5) is 36.2. The van der Waals surface area contributed by atoms with E-state index in [4.69, 9.17) is 9.47 Å². The smallest absolute Gasteiger partial charge is 0.344 e. The number of esters is 1. The highest BCUT2D eigenvalue weighted by Gasteiger charge is 2.22. The number of anilines is 1. The van der Waals surface area contributed by atoms with Crippen LogP contribution < -0.4 is 10.1 Å². The number of Topliss-reactive ketones (excluding diaryl/α,β-unsaturated/α-hetero) is 1. The minimum Gasteiger partial charge on any atom is -0.482 e. The summed E-state index contributed by atoms with van der Waals surface area (Å²) in [5.41, 5.74) is 5.28. The second-order valence-corrected chi connectivity index (χ2v) is 7.40. The Kier molecular flexibility index (Phi) is 6.01. The van der Waals surface area contributed by atoms with Crippen molar-refractivity contribution in [1.29, 1.82) is 0 Å². The maximum Gasteiger partial charge on any atom is 0.344 e. The number of nitrogens with one attached hydrogen (secondary N) is 1. The third kappa shape index (κ3) is 4.83. The minimum absolute atomic E-state index is 0.00703. The van der Waals surface area contributed by atoms with Crippen LogP contribution in [0.25, 0.3) is 0 Å². The normalized spacial score (nSPS) is 13.9. The van der Waals surface area contributed by atoms with E-state index in [1.54, 1.807) is 25.1 Å². The van der Waals surface area contributed by atoms with Gasteiger partial charge in [0.1, 0.15) is 5.75 Å². The molecule has 2 aromatic rings. The van der Waals surface area contributed by atoms with Crippen LogP contribution in [0.4, 0.5) is 5.69 Å². The molecule has 0 spiro atoms. The molecule has 152 valence electrons. The van der Waals surface area contributed by atoms with Crippen molar-refractivity contribution in [2.45, 2.75) is 46.6 Å². The maximum atomic E-state index is 12.7. The van der Waals surface area contributed by atoms with Crippen molar-refractivity contribution in [3.05, 3.63) is 58.1 Å². The van der Waals surface area contributed by atoms with Crippen molar-refractivity contribution in [1.82, 2.24) is 0 Å². The van der Waals surface area contributed by atoms with Crippen molar-refractivity contribution >= 4 is 23.3 Å². The molecule has 0 saturated carbocycles. The predicted molar refractivity (Wildman–Crippen MR) is 109 cm³/mol. The summed E-state index contributed by atoms with van der Waals surface area (Å²) >= 11 is 0. The fraction of sp³-hybridized carbons (Fsp3) is 0.348. The Labute approximate surface area is 170 Å². The highest BCUT2D eigenvalue weighted by atomic mass is 16.6. The number of carbonyl (C=O) groups excluding carboxylic acids is 3. The van der Waals surface area contributed by atoms with Crippen molar-refractivity contribution in [2.75, 3.05) is 11.9 Å². The average Bonchev–Trinajstić information content (AvgIpc) is 2.68. The molecule has 1 N–H and O–H groups in total. The van der Waals surface area contributed by atoms with Crippen LogP contribution in [0.3, 0.4) is 0 Å². The molecule has 0 radical (unpaired) electrons.